The summed E-state index contributed by atoms with van der Waals surface area (Å²) < 4.78 is 41.3. The fraction of sp³-hybridized carbons (Fsp3) is 0.700. The standard InChI is InChI=1S/C6H16N2.C2HF4.2CH3.HI.Pt/c1-7(2)5-6-8(3)4;3-1-2(4,5)6;;;;/h5-6H2,1-4H3;1H;2*1H3;1H;/q;3*-1;;+1/p-1. The molecule has 0 aliphatic heterocycles. The van der Waals surface area contributed by atoms with Crippen LogP contribution in [0.15, 0.2) is 0 Å². The van der Waals surface area contributed by atoms with Crippen molar-refractivity contribution in [1.82, 2.24) is 9.80 Å². The van der Waals surface area contributed by atoms with E-state index < -0.39 is 12.9 Å². The van der Waals surface area contributed by atoms with Crippen molar-refractivity contribution in [2.24, 2.45) is 0 Å². The average molecular weight is 569 g/mol. The Kier molecular flexibility index (Phi) is 35.6. The van der Waals surface area contributed by atoms with Crippen molar-refractivity contribution >= 4 is 19.4 Å². The van der Waals surface area contributed by atoms with Gasteiger partial charge in [0.25, 0.3) is 6.18 Å². The van der Waals surface area contributed by atoms with Gasteiger partial charge in [-0.2, -0.15) is 0 Å². The molecule has 0 spiro atoms. The normalized spacial score (nSPS) is 9.39. The molecule has 0 unspecified atom stereocenters. The first-order chi connectivity index (χ1) is 7.19. The number of likely N-dealkylation sites (N-methyl/N-ethyl adjacent to an activating group) is 2. The van der Waals surface area contributed by atoms with Crippen molar-refractivity contribution in [2.75, 3.05) is 41.3 Å². The van der Waals surface area contributed by atoms with Crippen LogP contribution < -0.4 is 0 Å². The van der Waals surface area contributed by atoms with E-state index in [1.54, 1.807) is 0 Å². The minimum atomic E-state index is -4.75. The third-order valence-corrected chi connectivity index (χ3v) is 1.12. The Balaban J connectivity index is -0.0000000511. The molecule has 0 rings (SSSR count). The van der Waals surface area contributed by atoms with E-state index in [2.05, 4.69) is 73.5 Å². The molecule has 0 fully saturated rings. The van der Waals surface area contributed by atoms with Crippen LogP contribution in [0.3, 0.4) is 0 Å². The summed E-state index contributed by atoms with van der Waals surface area (Å²) >= 11 is 4.23. The number of nitrogens with zero attached hydrogens (tertiary/aromatic N) is 2. The summed E-state index contributed by atoms with van der Waals surface area (Å²) in [4.78, 5) is 4.36. The summed E-state index contributed by atoms with van der Waals surface area (Å²) in [6, 6.07) is 0. The molecule has 0 bridgehead atoms. The van der Waals surface area contributed by atoms with Gasteiger partial charge in [0.2, 0.25) is 0 Å². The van der Waals surface area contributed by atoms with E-state index in [4.69, 9.17) is 0 Å². The first-order valence-corrected chi connectivity index (χ1v) is 10.6. The maximum absolute atomic E-state index is 10.4. The second-order valence-corrected chi connectivity index (χ2v) is 3.26. The van der Waals surface area contributed by atoms with Gasteiger partial charge in [0.15, 0.2) is 0 Å². The van der Waals surface area contributed by atoms with E-state index in [1.807, 2.05) is 0 Å². The molecule has 18 heavy (non-hydrogen) atoms. The van der Waals surface area contributed by atoms with Crippen molar-refractivity contribution in [2.45, 2.75) is 6.18 Å². The maximum atomic E-state index is 10.4. The molecular formula is C10H23F4IN2Pt-3. The number of halogens is 5. The molecular weight excluding hydrogens is 546 g/mol. The van der Waals surface area contributed by atoms with Crippen LogP contribution in [0.25, 0.3) is 0 Å². The number of hydrogen-bond donors (Lipinski definition) is 0. The van der Waals surface area contributed by atoms with Crippen molar-refractivity contribution in [3.05, 3.63) is 21.5 Å². The molecule has 0 amide bonds. The molecule has 0 aliphatic rings. The minimum absolute atomic E-state index is 0. The molecule has 0 aromatic carbocycles. The van der Waals surface area contributed by atoms with Gasteiger partial charge < -0.3 is 29.0 Å². The van der Waals surface area contributed by atoms with Crippen molar-refractivity contribution in [1.29, 1.82) is 0 Å². The van der Waals surface area contributed by atoms with Crippen molar-refractivity contribution in [3.63, 3.8) is 0 Å². The molecule has 0 saturated heterocycles. The SMILES string of the molecule is CN(C)CCN(C)C.F[CH-]C(F)(F)F.[CH3-].[CH3-].[I][Pt]. The Bertz CT molecular complexity index is 128. The fourth-order valence-electron chi connectivity index (χ4n) is 0.400. The zero-order valence-corrected chi connectivity index (χ0v) is 16.0. The van der Waals surface area contributed by atoms with Crippen molar-refractivity contribution < 1.29 is 33.7 Å². The van der Waals surface area contributed by atoms with Crippen LogP contribution >= 0.6 is 19.4 Å². The molecule has 0 atom stereocenters. The van der Waals surface area contributed by atoms with Gasteiger partial charge >= 0.3 is 35.5 Å². The monoisotopic (exact) mass is 569 g/mol. The Morgan fingerprint density at radius 2 is 1.11 bits per heavy atom. The second kappa shape index (κ2) is 20.4. The summed E-state index contributed by atoms with van der Waals surface area (Å²) in [5, 5.41) is 0. The molecule has 121 valence electrons. The second-order valence-electron chi connectivity index (χ2n) is 3.26. The van der Waals surface area contributed by atoms with Gasteiger partial charge in [0.1, 0.15) is 0 Å². The van der Waals surface area contributed by atoms with Crippen LogP contribution in [0, 0.1) is 21.5 Å². The third kappa shape index (κ3) is 53.6. The predicted molar refractivity (Wildman–Crippen MR) is 75.4 cm³/mol. The Labute approximate surface area is 131 Å². The molecule has 8 heteroatoms. The van der Waals surface area contributed by atoms with Crippen LogP contribution in [0.4, 0.5) is 17.6 Å². The molecule has 0 radical (unpaired) electrons. The summed E-state index contributed by atoms with van der Waals surface area (Å²) in [6.45, 7) is 0.979. The zero-order chi connectivity index (χ0) is 13.8. The van der Waals surface area contributed by atoms with Gasteiger partial charge in [0, 0.05) is 13.1 Å². The van der Waals surface area contributed by atoms with E-state index in [0.29, 0.717) is 0 Å². The molecule has 2 nitrogen and oxygen atoms in total. The van der Waals surface area contributed by atoms with Gasteiger partial charge in [0.05, 0.1) is 0 Å². The predicted octanol–water partition coefficient (Wildman–Crippen LogP) is 3.57. The molecule has 0 aromatic heterocycles. The average Bonchev–Trinajstić information content (AvgIpc) is 2.18. The number of hydrogen-bond acceptors (Lipinski definition) is 2. The first kappa shape index (κ1) is 31.4. The van der Waals surface area contributed by atoms with Crippen LogP contribution in [0.1, 0.15) is 0 Å². The summed E-state index contributed by atoms with van der Waals surface area (Å²) in [5.74, 6) is 0. The van der Waals surface area contributed by atoms with E-state index in [-0.39, 0.29) is 14.9 Å². The molecule has 0 aromatic rings. The molecule has 0 saturated carbocycles. The third-order valence-electron chi connectivity index (χ3n) is 1.12. The van der Waals surface area contributed by atoms with Crippen LogP contribution in [0.2, 0.25) is 0 Å². The van der Waals surface area contributed by atoms with E-state index in [0.717, 1.165) is 13.1 Å². The zero-order valence-electron chi connectivity index (χ0n) is 11.6. The fourth-order valence-corrected chi connectivity index (χ4v) is 0.400. The summed E-state index contributed by atoms with van der Waals surface area (Å²) in [7, 11) is 8.35. The number of alkyl halides is 3. The topological polar surface area (TPSA) is 6.48 Å². The van der Waals surface area contributed by atoms with E-state index in [9.17, 15) is 17.6 Å². The van der Waals surface area contributed by atoms with Crippen molar-refractivity contribution in [3.8, 4) is 0 Å². The molecule has 0 N–H and O–H groups in total. The summed E-state index contributed by atoms with van der Waals surface area (Å²) in [6.07, 6.45) is -4.75. The van der Waals surface area contributed by atoms with Crippen LogP contribution in [-0.4, -0.2) is 57.3 Å². The van der Waals surface area contributed by atoms with Crippen LogP contribution in [-0.2, 0) is 16.1 Å². The van der Waals surface area contributed by atoms with Gasteiger partial charge in [-0.15, -0.1) is 0 Å². The van der Waals surface area contributed by atoms with Gasteiger partial charge in [-0.05, 0) is 28.2 Å². The van der Waals surface area contributed by atoms with E-state index in [1.165, 1.54) is 0 Å². The van der Waals surface area contributed by atoms with Gasteiger partial charge in [-0.1, -0.05) is 6.67 Å². The van der Waals surface area contributed by atoms with E-state index >= 15 is 0 Å². The molecule has 0 aliphatic carbocycles. The quantitative estimate of drug-likeness (QED) is 0.292. The van der Waals surface area contributed by atoms with Crippen LogP contribution in [0.5, 0.6) is 0 Å². The Hall–Kier alpha value is 1.06. The van der Waals surface area contributed by atoms with Gasteiger partial charge in [-0.3, -0.25) is 0 Å². The number of rotatable bonds is 3. The first-order valence-electron chi connectivity index (χ1n) is 4.11. The Morgan fingerprint density at radius 3 is 1.17 bits per heavy atom. The van der Waals surface area contributed by atoms with Gasteiger partial charge in [-0.25, -0.2) is 13.2 Å². The molecule has 0 heterocycles. The Morgan fingerprint density at radius 1 is 0.944 bits per heavy atom. The summed E-state index contributed by atoms with van der Waals surface area (Å²) in [5.41, 5.74) is 0.